The molecule has 0 aliphatic rings. The number of carbonyl (C=O) groups excluding carboxylic acids is 2. The maximum Gasteiger partial charge on any atom is 0.409 e. The average Bonchev–Trinajstić information content (AvgIpc) is 3.18. The number of carboxylic acid groups (broad SMARTS) is 1. The number of amides is 3. The Balaban J connectivity index is 1.67. The van der Waals surface area contributed by atoms with Crippen LogP contribution in [0.15, 0.2) is 72.8 Å². The van der Waals surface area contributed by atoms with Crippen LogP contribution in [-0.2, 0) is 11.3 Å². The summed E-state index contributed by atoms with van der Waals surface area (Å²) in [5, 5.41) is 17.5. The molecule has 0 radical (unpaired) electrons. The predicted octanol–water partition coefficient (Wildman–Crippen LogP) is 6.55. The summed E-state index contributed by atoms with van der Waals surface area (Å²) in [5.41, 5.74) is 2.69. The second-order valence-corrected chi connectivity index (χ2v) is 10.2. The van der Waals surface area contributed by atoms with E-state index in [1.54, 1.807) is 59.2 Å². The lowest BCUT2D eigenvalue weighted by Gasteiger charge is -2.17. The Morgan fingerprint density at radius 1 is 0.842 bits per heavy atom. The lowest BCUT2D eigenvalue weighted by Crippen LogP contribution is -2.19. The first-order chi connectivity index (χ1) is 18.0. The summed E-state index contributed by atoms with van der Waals surface area (Å²) < 4.78 is 16.2. The van der Waals surface area contributed by atoms with Gasteiger partial charge in [-0.1, -0.05) is 39.0 Å². The molecule has 1 heterocycles. The van der Waals surface area contributed by atoms with Gasteiger partial charge in [0.15, 0.2) is 0 Å². The molecule has 196 valence electrons. The lowest BCUT2D eigenvalue weighted by molar-refractivity contribution is -0.117. The topological polar surface area (TPSA) is 112 Å². The van der Waals surface area contributed by atoms with E-state index in [1.807, 2.05) is 20.8 Å². The molecule has 0 bridgehead atoms. The monoisotopic (exact) mass is 516 g/mol. The Morgan fingerprint density at radius 3 is 2.11 bits per heavy atom. The molecule has 0 fully saturated rings. The van der Waals surface area contributed by atoms with Crippen molar-refractivity contribution in [2.75, 3.05) is 16.0 Å². The molecule has 4 N–H and O–H groups in total. The van der Waals surface area contributed by atoms with Crippen molar-refractivity contribution in [1.82, 2.24) is 4.57 Å². The van der Waals surface area contributed by atoms with E-state index in [-0.39, 0.29) is 23.7 Å². The Kier molecular flexibility index (Phi) is 7.47. The first-order valence-corrected chi connectivity index (χ1v) is 12.1. The van der Waals surface area contributed by atoms with Crippen LogP contribution in [0.1, 0.15) is 43.2 Å². The van der Waals surface area contributed by atoms with Crippen LogP contribution in [0.3, 0.4) is 0 Å². The van der Waals surface area contributed by atoms with E-state index in [1.165, 1.54) is 18.2 Å². The Labute approximate surface area is 219 Å². The number of hydrogen-bond donors (Lipinski definition) is 4. The van der Waals surface area contributed by atoms with Gasteiger partial charge >= 0.3 is 6.09 Å². The second kappa shape index (κ2) is 10.8. The van der Waals surface area contributed by atoms with E-state index >= 15 is 0 Å². The van der Waals surface area contributed by atoms with Crippen LogP contribution in [0.4, 0.5) is 26.2 Å². The molecule has 4 aromatic rings. The third-order valence-corrected chi connectivity index (χ3v) is 5.79. The molecule has 3 amide bonds. The fraction of sp³-hybridized carbons (Fsp3) is 0.207. The fourth-order valence-corrected chi connectivity index (χ4v) is 4.15. The summed E-state index contributed by atoms with van der Waals surface area (Å²) in [6, 6.07) is 19.6. The van der Waals surface area contributed by atoms with Gasteiger partial charge in [-0.3, -0.25) is 14.9 Å². The van der Waals surface area contributed by atoms with Crippen molar-refractivity contribution in [3.63, 3.8) is 0 Å². The van der Waals surface area contributed by atoms with Gasteiger partial charge in [0.05, 0.1) is 6.54 Å². The van der Waals surface area contributed by atoms with Gasteiger partial charge < -0.3 is 20.3 Å². The zero-order chi connectivity index (χ0) is 27.4. The molecule has 8 nitrogen and oxygen atoms in total. The Morgan fingerprint density at radius 2 is 1.47 bits per heavy atom. The summed E-state index contributed by atoms with van der Waals surface area (Å²) in [4.78, 5) is 36.6. The number of nitrogens with one attached hydrogen (secondary N) is 3. The molecule has 0 unspecified atom stereocenters. The highest BCUT2D eigenvalue weighted by molar-refractivity contribution is 6.07. The van der Waals surface area contributed by atoms with Gasteiger partial charge in [0.25, 0.3) is 5.91 Å². The number of fused-ring (bicyclic) bond motifs is 1. The van der Waals surface area contributed by atoms with Crippen molar-refractivity contribution in [3.05, 3.63) is 89.9 Å². The summed E-state index contributed by atoms with van der Waals surface area (Å²) in [7, 11) is 0. The van der Waals surface area contributed by atoms with E-state index in [2.05, 4.69) is 16.0 Å². The van der Waals surface area contributed by atoms with Crippen LogP contribution in [0.25, 0.3) is 10.9 Å². The van der Waals surface area contributed by atoms with E-state index in [0.29, 0.717) is 45.6 Å². The molecule has 0 atom stereocenters. The summed E-state index contributed by atoms with van der Waals surface area (Å²) in [6.45, 7) is 6.08. The molecule has 0 aliphatic heterocycles. The van der Waals surface area contributed by atoms with E-state index < -0.39 is 12.0 Å². The fourth-order valence-electron chi connectivity index (χ4n) is 4.15. The normalized spacial score (nSPS) is 11.3. The molecular formula is C29H29FN4O4. The minimum Gasteiger partial charge on any atom is -0.465 e. The minimum absolute atomic E-state index is 0.110. The maximum atomic E-state index is 14.5. The van der Waals surface area contributed by atoms with E-state index in [0.717, 1.165) is 0 Å². The van der Waals surface area contributed by atoms with E-state index in [4.69, 9.17) is 5.11 Å². The molecule has 4 rings (SSSR count). The number of halogens is 1. The third kappa shape index (κ3) is 6.56. The Hall–Kier alpha value is -4.66. The molecule has 38 heavy (non-hydrogen) atoms. The zero-order valence-electron chi connectivity index (χ0n) is 21.3. The number of hydrogen-bond acceptors (Lipinski definition) is 3. The molecule has 0 aliphatic carbocycles. The van der Waals surface area contributed by atoms with Gasteiger partial charge in [0.1, 0.15) is 11.5 Å². The van der Waals surface area contributed by atoms with Crippen LogP contribution in [0.2, 0.25) is 0 Å². The molecule has 9 heteroatoms. The highest BCUT2D eigenvalue weighted by Crippen LogP contribution is 2.27. The van der Waals surface area contributed by atoms with Gasteiger partial charge in [0.2, 0.25) is 5.91 Å². The molecule has 0 spiro atoms. The van der Waals surface area contributed by atoms with Crippen molar-refractivity contribution in [3.8, 4) is 0 Å². The number of anilines is 3. The van der Waals surface area contributed by atoms with E-state index in [9.17, 15) is 18.8 Å². The Bertz CT molecular complexity index is 1500. The number of aromatic nitrogens is 1. The van der Waals surface area contributed by atoms with Crippen molar-refractivity contribution < 1.29 is 23.9 Å². The average molecular weight is 517 g/mol. The van der Waals surface area contributed by atoms with Crippen LogP contribution >= 0.6 is 0 Å². The van der Waals surface area contributed by atoms with Crippen molar-refractivity contribution in [1.29, 1.82) is 0 Å². The maximum absolute atomic E-state index is 14.5. The van der Waals surface area contributed by atoms with Crippen molar-refractivity contribution in [2.24, 2.45) is 5.41 Å². The van der Waals surface area contributed by atoms with Crippen molar-refractivity contribution >= 4 is 45.9 Å². The number of rotatable bonds is 7. The smallest absolute Gasteiger partial charge is 0.409 e. The van der Waals surface area contributed by atoms with Crippen LogP contribution in [0, 0.1) is 11.2 Å². The SMILES string of the molecule is CC(C)(C)CC(=O)Nc1ccc2c(c1)cc(C(=O)Nc1ccc(NC(=O)O)cc1)n2Cc1ccccc1F. The highest BCUT2D eigenvalue weighted by atomic mass is 19.1. The third-order valence-electron chi connectivity index (χ3n) is 5.79. The quantitative estimate of drug-likeness (QED) is 0.223. The second-order valence-electron chi connectivity index (χ2n) is 10.2. The first kappa shape index (κ1) is 26.4. The summed E-state index contributed by atoms with van der Waals surface area (Å²) in [6.07, 6.45) is -0.832. The van der Waals surface area contributed by atoms with Gasteiger partial charge in [-0.15, -0.1) is 0 Å². The molecule has 0 saturated heterocycles. The predicted molar refractivity (Wildman–Crippen MR) is 146 cm³/mol. The summed E-state index contributed by atoms with van der Waals surface area (Å²) >= 11 is 0. The van der Waals surface area contributed by atoms with Gasteiger partial charge in [-0.2, -0.15) is 0 Å². The number of carbonyl (C=O) groups is 3. The zero-order valence-corrected chi connectivity index (χ0v) is 21.3. The summed E-state index contributed by atoms with van der Waals surface area (Å²) in [5.74, 6) is -0.912. The molecule has 0 saturated carbocycles. The van der Waals surface area contributed by atoms with Gasteiger partial charge in [0, 0.05) is 39.9 Å². The van der Waals surface area contributed by atoms with Gasteiger partial charge in [-0.25, -0.2) is 9.18 Å². The van der Waals surface area contributed by atoms with Crippen molar-refractivity contribution in [2.45, 2.75) is 33.7 Å². The van der Waals surface area contributed by atoms with Gasteiger partial charge in [-0.05, 0) is 60.0 Å². The number of nitrogens with zero attached hydrogens (tertiary/aromatic N) is 1. The van der Waals surface area contributed by atoms with Crippen LogP contribution in [-0.4, -0.2) is 27.6 Å². The first-order valence-electron chi connectivity index (χ1n) is 12.1. The molecular weight excluding hydrogens is 487 g/mol. The van der Waals surface area contributed by atoms with Crippen LogP contribution in [0.5, 0.6) is 0 Å². The largest absolute Gasteiger partial charge is 0.465 e. The standard InChI is InChI=1S/C29H29FN4O4/c1-29(2,3)16-26(35)31-22-12-13-24-19(14-22)15-25(34(24)17-18-6-4-5-7-23(18)30)27(36)32-20-8-10-21(11-9-20)33-28(37)38/h4-15,33H,16-17H2,1-3H3,(H,31,35)(H,32,36)(H,37,38). The molecule has 3 aromatic carbocycles. The highest BCUT2D eigenvalue weighted by Gasteiger charge is 2.19. The number of benzene rings is 3. The molecule has 1 aromatic heterocycles. The van der Waals surface area contributed by atoms with Crippen LogP contribution < -0.4 is 16.0 Å². The lowest BCUT2D eigenvalue weighted by atomic mass is 9.92. The minimum atomic E-state index is -1.19.